The van der Waals surface area contributed by atoms with Gasteiger partial charge in [-0.3, -0.25) is 0 Å². The molecule has 0 aromatic carbocycles. The van der Waals surface area contributed by atoms with Gasteiger partial charge in [0.2, 0.25) is 0 Å². The number of nitrogens with one attached hydrogen (secondary N) is 1. The number of likely N-dealkylation sites (N-methyl/N-ethyl adjacent to an activating group) is 1. The maximum absolute atomic E-state index is 5.41. The summed E-state index contributed by atoms with van der Waals surface area (Å²) in [5.41, 5.74) is 1.14. The average Bonchev–Trinajstić information content (AvgIpc) is 3.00. The Kier molecular flexibility index (Phi) is 4.76. The first-order valence-corrected chi connectivity index (χ1v) is 7.15. The molecule has 1 unspecified atom stereocenters. The third-order valence-corrected chi connectivity index (χ3v) is 4.01. The van der Waals surface area contributed by atoms with Crippen LogP contribution in [0.1, 0.15) is 25.5 Å². The second-order valence-corrected chi connectivity index (χ2v) is 5.26. The van der Waals surface area contributed by atoms with Crippen LogP contribution in [0, 0.1) is 0 Å². The van der Waals surface area contributed by atoms with Crippen LogP contribution in [0.4, 0.5) is 5.13 Å². The number of aromatic nitrogens is 1. The van der Waals surface area contributed by atoms with Gasteiger partial charge in [0.25, 0.3) is 0 Å². The first kappa shape index (κ1) is 12.8. The normalized spacial score (nSPS) is 19.8. The van der Waals surface area contributed by atoms with Crippen molar-refractivity contribution in [3.8, 4) is 0 Å². The maximum Gasteiger partial charge on any atom is 0.185 e. The Hall–Kier alpha value is -0.650. The molecular formula is C12H21N3OS. The molecule has 4 nitrogen and oxygen atoms in total. The van der Waals surface area contributed by atoms with Gasteiger partial charge in [0.1, 0.15) is 0 Å². The van der Waals surface area contributed by atoms with Gasteiger partial charge in [-0.05, 0) is 19.4 Å². The zero-order valence-electron chi connectivity index (χ0n) is 10.6. The fourth-order valence-electron chi connectivity index (χ4n) is 1.92. The molecule has 0 spiro atoms. The lowest BCUT2D eigenvalue weighted by molar-refractivity contribution is 0.193. The summed E-state index contributed by atoms with van der Waals surface area (Å²) in [6.07, 6.45) is 2.27. The minimum atomic E-state index is 0.498. The summed E-state index contributed by atoms with van der Waals surface area (Å²) in [6.45, 7) is 5.82. The molecule has 17 heavy (non-hydrogen) atoms. The lowest BCUT2D eigenvalue weighted by atomic mass is 10.2. The van der Waals surface area contributed by atoms with E-state index in [1.807, 2.05) is 0 Å². The van der Waals surface area contributed by atoms with Crippen molar-refractivity contribution in [2.24, 2.45) is 0 Å². The molecule has 1 atom stereocenters. The van der Waals surface area contributed by atoms with Gasteiger partial charge in [-0.1, -0.05) is 6.92 Å². The van der Waals surface area contributed by atoms with E-state index in [1.165, 1.54) is 0 Å². The molecule has 0 aliphatic carbocycles. The number of rotatable bonds is 6. The van der Waals surface area contributed by atoms with Crippen molar-refractivity contribution in [3.05, 3.63) is 11.1 Å². The van der Waals surface area contributed by atoms with E-state index in [-0.39, 0.29) is 0 Å². The number of hydrogen-bond donors (Lipinski definition) is 1. The van der Waals surface area contributed by atoms with Crippen LogP contribution >= 0.6 is 11.3 Å². The molecule has 0 saturated carbocycles. The summed E-state index contributed by atoms with van der Waals surface area (Å²) < 4.78 is 5.41. The van der Waals surface area contributed by atoms with E-state index in [0.29, 0.717) is 6.04 Å². The van der Waals surface area contributed by atoms with Crippen LogP contribution in [0.15, 0.2) is 5.38 Å². The Labute approximate surface area is 107 Å². The van der Waals surface area contributed by atoms with Crippen molar-refractivity contribution < 1.29 is 4.74 Å². The molecular weight excluding hydrogens is 234 g/mol. The minimum Gasteiger partial charge on any atom is -0.379 e. The SMILES string of the molecule is CCCNCc1csc(N(C)C2CCOC2)n1. The van der Waals surface area contributed by atoms with Crippen molar-refractivity contribution >= 4 is 16.5 Å². The number of anilines is 1. The predicted octanol–water partition coefficient (Wildman–Crippen LogP) is 1.87. The van der Waals surface area contributed by atoms with Gasteiger partial charge < -0.3 is 15.0 Å². The lowest BCUT2D eigenvalue weighted by Crippen LogP contribution is -2.31. The van der Waals surface area contributed by atoms with Crippen LogP contribution in [0.3, 0.4) is 0 Å². The zero-order valence-corrected chi connectivity index (χ0v) is 11.4. The highest BCUT2D eigenvalue weighted by atomic mass is 32.1. The topological polar surface area (TPSA) is 37.4 Å². The Bertz CT molecular complexity index is 336. The van der Waals surface area contributed by atoms with E-state index >= 15 is 0 Å². The van der Waals surface area contributed by atoms with Crippen LogP contribution in [0.2, 0.25) is 0 Å². The Morgan fingerprint density at radius 1 is 1.65 bits per heavy atom. The smallest absolute Gasteiger partial charge is 0.185 e. The standard InChI is InChI=1S/C12H21N3OS/c1-3-5-13-7-10-9-17-12(14-10)15(2)11-4-6-16-8-11/h9,11,13H,3-8H2,1-2H3. The molecule has 1 fully saturated rings. The molecule has 96 valence electrons. The highest BCUT2D eigenvalue weighted by Crippen LogP contribution is 2.24. The minimum absolute atomic E-state index is 0.498. The highest BCUT2D eigenvalue weighted by molar-refractivity contribution is 7.13. The van der Waals surface area contributed by atoms with Crippen LogP contribution in [0.25, 0.3) is 0 Å². The van der Waals surface area contributed by atoms with Crippen molar-refractivity contribution in [2.45, 2.75) is 32.4 Å². The van der Waals surface area contributed by atoms with Gasteiger partial charge in [-0.15, -0.1) is 11.3 Å². The van der Waals surface area contributed by atoms with E-state index in [0.717, 1.165) is 50.0 Å². The maximum atomic E-state index is 5.41. The van der Waals surface area contributed by atoms with E-state index in [1.54, 1.807) is 11.3 Å². The van der Waals surface area contributed by atoms with Gasteiger partial charge >= 0.3 is 0 Å². The monoisotopic (exact) mass is 255 g/mol. The number of hydrogen-bond acceptors (Lipinski definition) is 5. The summed E-state index contributed by atoms with van der Waals surface area (Å²) in [5.74, 6) is 0. The molecule has 2 rings (SSSR count). The molecule has 1 aliphatic heterocycles. The Morgan fingerprint density at radius 3 is 3.24 bits per heavy atom. The molecule has 1 saturated heterocycles. The summed E-state index contributed by atoms with van der Waals surface area (Å²) in [7, 11) is 2.11. The summed E-state index contributed by atoms with van der Waals surface area (Å²) >= 11 is 1.72. The Morgan fingerprint density at radius 2 is 2.53 bits per heavy atom. The zero-order chi connectivity index (χ0) is 12.1. The largest absolute Gasteiger partial charge is 0.379 e. The van der Waals surface area contributed by atoms with Crippen molar-refractivity contribution in [1.82, 2.24) is 10.3 Å². The second-order valence-electron chi connectivity index (χ2n) is 4.43. The van der Waals surface area contributed by atoms with Gasteiger partial charge in [-0.25, -0.2) is 4.98 Å². The average molecular weight is 255 g/mol. The van der Waals surface area contributed by atoms with Crippen molar-refractivity contribution in [1.29, 1.82) is 0 Å². The first-order chi connectivity index (χ1) is 8.31. The van der Waals surface area contributed by atoms with E-state index < -0.39 is 0 Å². The fraction of sp³-hybridized carbons (Fsp3) is 0.750. The summed E-state index contributed by atoms with van der Waals surface area (Å²) in [5, 5.41) is 6.62. The molecule has 0 amide bonds. The molecule has 0 bridgehead atoms. The highest BCUT2D eigenvalue weighted by Gasteiger charge is 2.22. The van der Waals surface area contributed by atoms with Gasteiger partial charge in [0.15, 0.2) is 5.13 Å². The van der Waals surface area contributed by atoms with Crippen LogP contribution in [0.5, 0.6) is 0 Å². The van der Waals surface area contributed by atoms with Crippen LogP contribution < -0.4 is 10.2 Å². The summed E-state index contributed by atoms with van der Waals surface area (Å²) in [4.78, 5) is 6.90. The number of thiazole rings is 1. The van der Waals surface area contributed by atoms with E-state index in [9.17, 15) is 0 Å². The van der Waals surface area contributed by atoms with E-state index in [2.05, 4.69) is 34.6 Å². The molecule has 1 aromatic rings. The lowest BCUT2D eigenvalue weighted by Gasteiger charge is -2.21. The molecule has 1 N–H and O–H groups in total. The van der Waals surface area contributed by atoms with E-state index in [4.69, 9.17) is 4.74 Å². The van der Waals surface area contributed by atoms with Crippen molar-refractivity contribution in [2.75, 3.05) is 31.7 Å². The molecule has 1 aliphatic rings. The molecule has 2 heterocycles. The van der Waals surface area contributed by atoms with Crippen LogP contribution in [-0.2, 0) is 11.3 Å². The number of nitrogens with zero attached hydrogens (tertiary/aromatic N) is 2. The van der Waals surface area contributed by atoms with Gasteiger partial charge in [0, 0.05) is 25.6 Å². The first-order valence-electron chi connectivity index (χ1n) is 6.27. The molecule has 5 heteroatoms. The van der Waals surface area contributed by atoms with Crippen molar-refractivity contribution in [3.63, 3.8) is 0 Å². The third kappa shape index (κ3) is 3.40. The third-order valence-electron chi connectivity index (χ3n) is 3.03. The predicted molar refractivity (Wildman–Crippen MR) is 71.7 cm³/mol. The van der Waals surface area contributed by atoms with Gasteiger partial charge in [0.05, 0.1) is 18.3 Å². The van der Waals surface area contributed by atoms with Crippen LogP contribution in [-0.4, -0.2) is 37.8 Å². The number of ether oxygens (including phenoxy) is 1. The second kappa shape index (κ2) is 6.33. The quantitative estimate of drug-likeness (QED) is 0.787. The fourth-order valence-corrected chi connectivity index (χ4v) is 2.78. The molecule has 1 aromatic heterocycles. The Balaban J connectivity index is 1.88. The van der Waals surface area contributed by atoms with Gasteiger partial charge in [-0.2, -0.15) is 0 Å². The molecule has 0 radical (unpaired) electrons. The summed E-state index contributed by atoms with van der Waals surface area (Å²) in [6, 6.07) is 0.498.